The first kappa shape index (κ1) is 8.56. The number of hydrogen-bond acceptors (Lipinski definition) is 2. The average Bonchev–Trinajstić information content (AvgIpc) is 2.17. The SMILES string of the molecule is N=C(N)c1ccc2c(O)cccc2c1. The molecule has 0 spiro atoms. The number of hydrogen-bond donors (Lipinski definition) is 3. The summed E-state index contributed by atoms with van der Waals surface area (Å²) in [5.74, 6) is 0.285. The van der Waals surface area contributed by atoms with E-state index in [-0.39, 0.29) is 11.6 Å². The zero-order valence-electron chi connectivity index (χ0n) is 7.49. The number of aromatic hydroxyl groups is 1. The summed E-state index contributed by atoms with van der Waals surface area (Å²) in [6.07, 6.45) is 0. The van der Waals surface area contributed by atoms with Crippen LogP contribution in [0.4, 0.5) is 0 Å². The van der Waals surface area contributed by atoms with Gasteiger partial charge in [0, 0.05) is 10.9 Å². The fourth-order valence-electron chi connectivity index (χ4n) is 1.43. The van der Waals surface area contributed by atoms with Gasteiger partial charge >= 0.3 is 0 Å². The lowest BCUT2D eigenvalue weighted by Crippen LogP contribution is -2.10. The zero-order valence-corrected chi connectivity index (χ0v) is 7.49. The normalized spacial score (nSPS) is 10.3. The molecule has 2 rings (SSSR count). The standard InChI is InChI=1S/C11H10N2O/c12-11(13)8-4-5-9-7(6-8)2-1-3-10(9)14/h1-6,14H,(H3,12,13). The van der Waals surface area contributed by atoms with Crippen LogP contribution in [-0.4, -0.2) is 10.9 Å². The van der Waals surface area contributed by atoms with Gasteiger partial charge in [0.15, 0.2) is 0 Å². The summed E-state index contributed by atoms with van der Waals surface area (Å²) in [7, 11) is 0. The first-order valence-corrected chi connectivity index (χ1v) is 4.24. The largest absolute Gasteiger partial charge is 0.507 e. The minimum absolute atomic E-state index is 0.0373. The maximum absolute atomic E-state index is 9.52. The summed E-state index contributed by atoms with van der Waals surface area (Å²) in [4.78, 5) is 0. The molecule has 70 valence electrons. The molecule has 0 fully saturated rings. The number of amidine groups is 1. The molecule has 0 aliphatic heterocycles. The number of rotatable bonds is 1. The Morgan fingerprint density at radius 3 is 2.71 bits per heavy atom. The third kappa shape index (κ3) is 1.29. The van der Waals surface area contributed by atoms with Gasteiger partial charge in [-0.25, -0.2) is 0 Å². The highest BCUT2D eigenvalue weighted by molar-refractivity contribution is 6.00. The zero-order chi connectivity index (χ0) is 10.1. The van der Waals surface area contributed by atoms with Crippen molar-refractivity contribution >= 4 is 16.6 Å². The number of benzene rings is 2. The van der Waals surface area contributed by atoms with Crippen LogP contribution >= 0.6 is 0 Å². The summed E-state index contributed by atoms with van der Waals surface area (Å²) in [6.45, 7) is 0. The predicted octanol–water partition coefficient (Wildman–Crippen LogP) is 1.83. The Labute approximate surface area is 81.3 Å². The second kappa shape index (κ2) is 3.03. The summed E-state index contributed by atoms with van der Waals surface area (Å²) >= 11 is 0. The second-order valence-corrected chi connectivity index (χ2v) is 3.13. The molecule has 0 unspecified atom stereocenters. The molecule has 0 bridgehead atoms. The van der Waals surface area contributed by atoms with Crippen LogP contribution in [0.1, 0.15) is 5.56 Å². The topological polar surface area (TPSA) is 70.1 Å². The molecule has 0 aliphatic rings. The van der Waals surface area contributed by atoms with Gasteiger partial charge in [-0.2, -0.15) is 0 Å². The van der Waals surface area contributed by atoms with E-state index in [1.165, 1.54) is 0 Å². The molecular formula is C11H10N2O. The molecule has 0 atom stereocenters. The summed E-state index contributed by atoms with van der Waals surface area (Å²) < 4.78 is 0. The minimum atomic E-state index is 0.0373. The molecule has 4 N–H and O–H groups in total. The molecule has 0 saturated heterocycles. The van der Waals surface area contributed by atoms with Crippen molar-refractivity contribution in [1.29, 1.82) is 5.41 Å². The highest BCUT2D eigenvalue weighted by Crippen LogP contribution is 2.24. The average molecular weight is 186 g/mol. The van der Waals surface area contributed by atoms with Crippen LogP contribution in [0, 0.1) is 5.41 Å². The summed E-state index contributed by atoms with van der Waals surface area (Å²) in [6, 6.07) is 10.6. The molecule has 0 saturated carbocycles. The lowest BCUT2D eigenvalue weighted by molar-refractivity contribution is 0.481. The quantitative estimate of drug-likeness (QED) is 0.469. The smallest absolute Gasteiger partial charge is 0.123 e. The molecule has 3 nitrogen and oxygen atoms in total. The third-order valence-electron chi connectivity index (χ3n) is 2.17. The van der Waals surface area contributed by atoms with Crippen molar-refractivity contribution in [3.05, 3.63) is 42.0 Å². The minimum Gasteiger partial charge on any atom is -0.507 e. The van der Waals surface area contributed by atoms with Gasteiger partial charge < -0.3 is 10.8 Å². The highest BCUT2D eigenvalue weighted by atomic mass is 16.3. The Morgan fingerprint density at radius 1 is 1.21 bits per heavy atom. The Kier molecular flexibility index (Phi) is 1.85. The lowest BCUT2D eigenvalue weighted by Gasteiger charge is -2.03. The molecular weight excluding hydrogens is 176 g/mol. The fourth-order valence-corrected chi connectivity index (χ4v) is 1.43. The Morgan fingerprint density at radius 2 is 2.00 bits per heavy atom. The monoisotopic (exact) mass is 186 g/mol. The first-order valence-electron chi connectivity index (χ1n) is 4.24. The molecule has 3 heteroatoms. The van der Waals surface area contributed by atoms with Gasteiger partial charge in [-0.15, -0.1) is 0 Å². The fraction of sp³-hybridized carbons (Fsp3) is 0. The van der Waals surface area contributed by atoms with E-state index in [0.717, 1.165) is 10.8 Å². The van der Waals surface area contributed by atoms with Crippen molar-refractivity contribution in [2.75, 3.05) is 0 Å². The van der Waals surface area contributed by atoms with E-state index in [2.05, 4.69) is 0 Å². The van der Waals surface area contributed by atoms with Crippen molar-refractivity contribution in [3.8, 4) is 5.75 Å². The van der Waals surface area contributed by atoms with Crippen LogP contribution in [0.3, 0.4) is 0 Å². The molecule has 14 heavy (non-hydrogen) atoms. The van der Waals surface area contributed by atoms with Gasteiger partial charge in [0.25, 0.3) is 0 Å². The van der Waals surface area contributed by atoms with Crippen LogP contribution in [0.5, 0.6) is 5.75 Å². The highest BCUT2D eigenvalue weighted by Gasteiger charge is 2.01. The molecule has 2 aromatic carbocycles. The third-order valence-corrected chi connectivity index (χ3v) is 2.17. The second-order valence-electron chi connectivity index (χ2n) is 3.13. The van der Waals surface area contributed by atoms with E-state index in [9.17, 15) is 5.11 Å². The number of nitrogens with two attached hydrogens (primary N) is 1. The molecule has 0 radical (unpaired) electrons. The van der Waals surface area contributed by atoms with E-state index >= 15 is 0 Å². The maximum Gasteiger partial charge on any atom is 0.123 e. The van der Waals surface area contributed by atoms with Crippen molar-refractivity contribution in [2.45, 2.75) is 0 Å². The van der Waals surface area contributed by atoms with Gasteiger partial charge in [-0.3, -0.25) is 5.41 Å². The number of phenols is 1. The van der Waals surface area contributed by atoms with Crippen molar-refractivity contribution in [1.82, 2.24) is 0 Å². The maximum atomic E-state index is 9.52. The summed E-state index contributed by atoms with van der Waals surface area (Å²) in [5.41, 5.74) is 6.03. The molecule has 0 amide bonds. The van der Waals surface area contributed by atoms with E-state index in [1.54, 1.807) is 30.3 Å². The lowest BCUT2D eigenvalue weighted by atomic mass is 10.1. The van der Waals surface area contributed by atoms with E-state index < -0.39 is 0 Å². The Balaban J connectivity index is 2.73. The molecule has 0 aromatic heterocycles. The summed E-state index contributed by atoms with van der Waals surface area (Å²) in [5, 5.41) is 18.5. The molecule has 2 aromatic rings. The van der Waals surface area contributed by atoms with Crippen LogP contribution in [-0.2, 0) is 0 Å². The van der Waals surface area contributed by atoms with Gasteiger partial charge in [0.2, 0.25) is 0 Å². The number of fused-ring (bicyclic) bond motifs is 1. The number of nitrogens with one attached hydrogen (secondary N) is 1. The van der Waals surface area contributed by atoms with E-state index in [4.69, 9.17) is 11.1 Å². The molecule has 0 heterocycles. The van der Waals surface area contributed by atoms with Gasteiger partial charge in [-0.1, -0.05) is 18.2 Å². The van der Waals surface area contributed by atoms with Crippen molar-refractivity contribution in [3.63, 3.8) is 0 Å². The Hall–Kier alpha value is -2.03. The van der Waals surface area contributed by atoms with E-state index in [0.29, 0.717) is 5.56 Å². The van der Waals surface area contributed by atoms with Crippen molar-refractivity contribution in [2.24, 2.45) is 5.73 Å². The van der Waals surface area contributed by atoms with Crippen LogP contribution in [0.2, 0.25) is 0 Å². The van der Waals surface area contributed by atoms with Gasteiger partial charge in [-0.05, 0) is 23.6 Å². The van der Waals surface area contributed by atoms with Crippen LogP contribution in [0.15, 0.2) is 36.4 Å². The van der Waals surface area contributed by atoms with E-state index in [1.807, 2.05) is 6.07 Å². The van der Waals surface area contributed by atoms with Gasteiger partial charge in [0.1, 0.15) is 11.6 Å². The number of phenolic OH excluding ortho intramolecular Hbond substituents is 1. The van der Waals surface area contributed by atoms with Crippen molar-refractivity contribution < 1.29 is 5.11 Å². The van der Waals surface area contributed by atoms with Gasteiger partial charge in [0.05, 0.1) is 0 Å². The Bertz CT molecular complexity index is 506. The molecule has 0 aliphatic carbocycles. The van der Waals surface area contributed by atoms with Crippen LogP contribution < -0.4 is 5.73 Å². The first-order chi connectivity index (χ1) is 6.68. The van der Waals surface area contributed by atoms with Crippen LogP contribution in [0.25, 0.3) is 10.8 Å². The number of nitrogen functional groups attached to an aromatic ring is 1. The predicted molar refractivity (Wildman–Crippen MR) is 56.6 cm³/mol.